The van der Waals surface area contributed by atoms with Crippen LogP contribution < -0.4 is 0 Å². The van der Waals surface area contributed by atoms with Crippen molar-refractivity contribution in [3.05, 3.63) is 75.7 Å². The van der Waals surface area contributed by atoms with Crippen molar-refractivity contribution in [2.24, 2.45) is 0 Å². The minimum absolute atomic E-state index is 0.0929. The average Bonchev–Trinajstić information content (AvgIpc) is 2.57. The van der Waals surface area contributed by atoms with Crippen LogP contribution in [0.25, 0.3) is 10.9 Å². The Hall–Kier alpha value is -2.46. The Bertz CT molecular complexity index is 951. The second-order valence-corrected chi connectivity index (χ2v) is 6.59. The van der Waals surface area contributed by atoms with E-state index >= 15 is 0 Å². The Kier molecular flexibility index (Phi) is 4.73. The topological polar surface area (TPSA) is 33.2 Å². The van der Waals surface area contributed by atoms with Gasteiger partial charge in [-0.25, -0.2) is 4.39 Å². The number of hydrogen-bond acceptors (Lipinski definition) is 2. The molecule has 0 radical (unpaired) electrons. The fraction of sp³-hybridized carbons (Fsp3) is 0.200. The molecular formula is C20H18ClFN2O. The number of aromatic nitrogens is 1. The first-order chi connectivity index (χ1) is 11.9. The summed E-state index contributed by atoms with van der Waals surface area (Å²) in [5.41, 5.74) is 3.41. The molecule has 1 heterocycles. The van der Waals surface area contributed by atoms with Gasteiger partial charge < -0.3 is 4.90 Å². The van der Waals surface area contributed by atoms with Crippen LogP contribution in [0, 0.1) is 19.7 Å². The van der Waals surface area contributed by atoms with Gasteiger partial charge in [-0.15, -0.1) is 0 Å². The van der Waals surface area contributed by atoms with Crippen molar-refractivity contribution in [2.45, 2.75) is 20.4 Å². The lowest BCUT2D eigenvalue weighted by Crippen LogP contribution is -2.27. The number of fused-ring (bicyclic) bond motifs is 1. The molecule has 128 valence electrons. The summed E-state index contributed by atoms with van der Waals surface area (Å²) >= 11 is 6.06. The van der Waals surface area contributed by atoms with Gasteiger partial charge in [0.2, 0.25) is 0 Å². The molecular weight excluding hydrogens is 339 g/mol. The third-order valence-electron chi connectivity index (χ3n) is 4.19. The van der Waals surface area contributed by atoms with E-state index in [9.17, 15) is 9.18 Å². The fourth-order valence-electron chi connectivity index (χ4n) is 2.81. The van der Waals surface area contributed by atoms with E-state index in [0.29, 0.717) is 21.8 Å². The highest BCUT2D eigenvalue weighted by atomic mass is 35.5. The first-order valence-corrected chi connectivity index (χ1v) is 8.31. The Morgan fingerprint density at radius 2 is 1.96 bits per heavy atom. The maximum absolute atomic E-state index is 14.0. The van der Waals surface area contributed by atoms with Crippen LogP contribution in [0.4, 0.5) is 4.39 Å². The fourth-order valence-corrected chi connectivity index (χ4v) is 3.03. The molecule has 1 amide bonds. The lowest BCUT2D eigenvalue weighted by molar-refractivity contribution is 0.0783. The van der Waals surface area contributed by atoms with Crippen LogP contribution in [0.3, 0.4) is 0 Å². The molecule has 3 rings (SSSR count). The maximum Gasteiger partial charge on any atom is 0.255 e. The zero-order valence-electron chi connectivity index (χ0n) is 14.3. The smallest absolute Gasteiger partial charge is 0.255 e. The van der Waals surface area contributed by atoms with Crippen molar-refractivity contribution in [3.63, 3.8) is 0 Å². The third kappa shape index (κ3) is 3.49. The Labute approximate surface area is 151 Å². The summed E-state index contributed by atoms with van der Waals surface area (Å²) in [5.74, 6) is -0.635. The van der Waals surface area contributed by atoms with Crippen molar-refractivity contribution in [1.82, 2.24) is 9.88 Å². The lowest BCUT2D eigenvalue weighted by atomic mass is 10.1. The van der Waals surface area contributed by atoms with E-state index in [-0.39, 0.29) is 12.5 Å². The molecule has 0 unspecified atom stereocenters. The highest BCUT2D eigenvalue weighted by Crippen LogP contribution is 2.23. The molecule has 0 aliphatic heterocycles. The molecule has 25 heavy (non-hydrogen) atoms. The molecule has 0 bridgehead atoms. The van der Waals surface area contributed by atoms with Gasteiger partial charge in [0, 0.05) is 29.6 Å². The van der Waals surface area contributed by atoms with E-state index in [1.807, 2.05) is 31.2 Å². The van der Waals surface area contributed by atoms with E-state index in [1.54, 1.807) is 26.1 Å². The normalized spacial score (nSPS) is 10.9. The zero-order chi connectivity index (χ0) is 18.1. The quantitative estimate of drug-likeness (QED) is 0.667. The van der Waals surface area contributed by atoms with Crippen LogP contribution in [-0.2, 0) is 6.54 Å². The number of halogens is 2. The molecule has 0 spiro atoms. The predicted molar refractivity (Wildman–Crippen MR) is 98.4 cm³/mol. The van der Waals surface area contributed by atoms with E-state index in [0.717, 1.165) is 16.5 Å². The van der Waals surface area contributed by atoms with Crippen LogP contribution in [-0.4, -0.2) is 22.8 Å². The van der Waals surface area contributed by atoms with E-state index in [1.165, 1.54) is 11.0 Å². The van der Waals surface area contributed by atoms with Crippen molar-refractivity contribution in [2.75, 3.05) is 7.05 Å². The number of hydrogen-bond donors (Lipinski definition) is 0. The molecule has 0 saturated heterocycles. The Morgan fingerprint density at radius 3 is 2.68 bits per heavy atom. The van der Waals surface area contributed by atoms with E-state index < -0.39 is 5.82 Å². The average molecular weight is 357 g/mol. The lowest BCUT2D eigenvalue weighted by Gasteiger charge is -2.19. The largest absolute Gasteiger partial charge is 0.337 e. The molecule has 3 nitrogen and oxygen atoms in total. The van der Waals surface area contributed by atoms with Crippen LogP contribution in [0.1, 0.15) is 27.2 Å². The number of carbonyl (C=O) groups excluding carboxylic acids is 1. The van der Waals surface area contributed by atoms with Gasteiger partial charge in [0.15, 0.2) is 0 Å². The van der Waals surface area contributed by atoms with Gasteiger partial charge in [-0.3, -0.25) is 9.78 Å². The molecule has 0 aliphatic carbocycles. The standard InChI is InChI=1S/C20H18ClFN2O/c1-12-7-8-19-14(9-12)10-15(13(2)23-19)20(25)24(3)11-16-17(21)5-4-6-18(16)22/h4-10H,11H2,1-3H3. The second-order valence-electron chi connectivity index (χ2n) is 6.18. The number of amides is 1. The summed E-state index contributed by atoms with van der Waals surface area (Å²) in [6.07, 6.45) is 0. The molecule has 0 saturated carbocycles. The number of benzene rings is 2. The summed E-state index contributed by atoms with van der Waals surface area (Å²) < 4.78 is 14.0. The van der Waals surface area contributed by atoms with Crippen molar-refractivity contribution in [1.29, 1.82) is 0 Å². The number of carbonyl (C=O) groups is 1. The molecule has 0 N–H and O–H groups in total. The minimum atomic E-state index is -0.420. The van der Waals surface area contributed by atoms with Crippen molar-refractivity contribution < 1.29 is 9.18 Å². The van der Waals surface area contributed by atoms with Gasteiger partial charge in [-0.05, 0) is 44.2 Å². The van der Waals surface area contributed by atoms with Crippen LogP contribution in [0.2, 0.25) is 5.02 Å². The number of aryl methyl sites for hydroxylation is 2. The van der Waals surface area contributed by atoms with Gasteiger partial charge in [0.05, 0.1) is 16.8 Å². The van der Waals surface area contributed by atoms with Gasteiger partial charge in [0.1, 0.15) is 5.82 Å². The van der Waals surface area contributed by atoms with E-state index in [4.69, 9.17) is 11.6 Å². The van der Waals surface area contributed by atoms with Crippen LogP contribution in [0.15, 0.2) is 42.5 Å². The summed E-state index contributed by atoms with van der Waals surface area (Å²) in [6, 6.07) is 12.3. The summed E-state index contributed by atoms with van der Waals surface area (Å²) in [4.78, 5) is 18.8. The molecule has 0 atom stereocenters. The SMILES string of the molecule is Cc1ccc2nc(C)c(C(=O)N(C)Cc3c(F)cccc3Cl)cc2c1. The summed E-state index contributed by atoms with van der Waals surface area (Å²) in [7, 11) is 1.63. The number of nitrogens with zero attached hydrogens (tertiary/aromatic N) is 2. The first kappa shape index (κ1) is 17.4. The highest BCUT2D eigenvalue weighted by molar-refractivity contribution is 6.31. The summed E-state index contributed by atoms with van der Waals surface area (Å²) in [5, 5.41) is 1.22. The van der Waals surface area contributed by atoms with Crippen molar-refractivity contribution >= 4 is 28.4 Å². The number of rotatable bonds is 3. The molecule has 0 fully saturated rings. The maximum atomic E-state index is 14.0. The molecule has 1 aromatic heterocycles. The Balaban J connectivity index is 1.94. The molecule has 5 heteroatoms. The second kappa shape index (κ2) is 6.81. The highest BCUT2D eigenvalue weighted by Gasteiger charge is 2.18. The number of pyridine rings is 1. The van der Waals surface area contributed by atoms with Gasteiger partial charge >= 0.3 is 0 Å². The van der Waals surface area contributed by atoms with Crippen molar-refractivity contribution in [3.8, 4) is 0 Å². The monoisotopic (exact) mass is 356 g/mol. The molecule has 2 aromatic carbocycles. The summed E-state index contributed by atoms with van der Waals surface area (Å²) in [6.45, 7) is 3.89. The van der Waals surface area contributed by atoms with Crippen LogP contribution in [0.5, 0.6) is 0 Å². The predicted octanol–water partition coefficient (Wildman–Crippen LogP) is 4.92. The Morgan fingerprint density at radius 1 is 1.20 bits per heavy atom. The first-order valence-electron chi connectivity index (χ1n) is 7.93. The molecule has 3 aromatic rings. The van der Waals surface area contributed by atoms with Crippen LogP contribution >= 0.6 is 11.6 Å². The third-order valence-corrected chi connectivity index (χ3v) is 4.55. The minimum Gasteiger partial charge on any atom is -0.337 e. The van der Waals surface area contributed by atoms with Gasteiger partial charge in [-0.2, -0.15) is 0 Å². The van der Waals surface area contributed by atoms with Gasteiger partial charge in [0.25, 0.3) is 5.91 Å². The van der Waals surface area contributed by atoms with Gasteiger partial charge in [-0.1, -0.05) is 29.3 Å². The molecule has 0 aliphatic rings. The van der Waals surface area contributed by atoms with E-state index in [2.05, 4.69) is 4.98 Å². The zero-order valence-corrected chi connectivity index (χ0v) is 15.1.